The molecular weight excluding hydrogens is 399 g/mol. The van der Waals surface area contributed by atoms with E-state index in [1.807, 2.05) is 6.92 Å². The highest BCUT2D eigenvalue weighted by atomic mass is 32.2. The Bertz CT molecular complexity index is 852. The smallest absolute Gasteiger partial charge is 0.242 e. The van der Waals surface area contributed by atoms with Crippen molar-refractivity contribution in [2.75, 3.05) is 12.3 Å². The Kier molecular flexibility index (Phi) is 9.37. The van der Waals surface area contributed by atoms with E-state index in [2.05, 4.69) is 37.4 Å². The lowest BCUT2D eigenvalue weighted by Crippen LogP contribution is -2.48. The minimum absolute atomic E-state index is 0.0658. The summed E-state index contributed by atoms with van der Waals surface area (Å²) in [6, 6.07) is 12.0. The minimum Gasteiger partial charge on any atom is -0.354 e. The van der Waals surface area contributed by atoms with Crippen LogP contribution in [0, 0.1) is 19.7 Å². The minimum atomic E-state index is -0.675. The van der Waals surface area contributed by atoms with Gasteiger partial charge in [0.15, 0.2) is 0 Å². The lowest BCUT2D eigenvalue weighted by molar-refractivity contribution is -0.138. The van der Waals surface area contributed by atoms with Gasteiger partial charge in [-0.3, -0.25) is 9.59 Å². The van der Waals surface area contributed by atoms with E-state index in [0.717, 1.165) is 6.42 Å². The van der Waals surface area contributed by atoms with Gasteiger partial charge in [-0.25, -0.2) is 4.39 Å². The average Bonchev–Trinajstić information content (AvgIpc) is 2.70. The van der Waals surface area contributed by atoms with Crippen LogP contribution in [0.5, 0.6) is 0 Å². The molecule has 2 amide bonds. The molecule has 0 unspecified atom stereocenters. The van der Waals surface area contributed by atoms with Gasteiger partial charge in [-0.15, -0.1) is 11.8 Å². The molecule has 6 heteroatoms. The molecule has 1 atom stereocenters. The molecule has 4 nitrogen and oxygen atoms in total. The molecule has 0 saturated heterocycles. The van der Waals surface area contributed by atoms with Crippen LogP contribution in [-0.4, -0.2) is 35.1 Å². The Morgan fingerprint density at radius 3 is 2.43 bits per heavy atom. The number of nitrogens with zero attached hydrogens (tertiary/aromatic N) is 1. The second-order valence-electron chi connectivity index (χ2n) is 7.57. The van der Waals surface area contributed by atoms with Crippen molar-refractivity contribution in [2.24, 2.45) is 0 Å². The maximum atomic E-state index is 14.2. The number of rotatable bonds is 10. The first-order chi connectivity index (χ1) is 14.3. The van der Waals surface area contributed by atoms with Crippen molar-refractivity contribution in [2.45, 2.75) is 52.5 Å². The van der Waals surface area contributed by atoms with Crippen LogP contribution in [-0.2, 0) is 21.9 Å². The Morgan fingerprint density at radius 2 is 1.80 bits per heavy atom. The van der Waals surface area contributed by atoms with Gasteiger partial charge in [0.2, 0.25) is 11.8 Å². The number of hydrogen-bond donors (Lipinski definition) is 1. The number of amides is 2. The number of thioether (sulfide) groups is 1. The summed E-state index contributed by atoms with van der Waals surface area (Å²) in [4.78, 5) is 27.0. The summed E-state index contributed by atoms with van der Waals surface area (Å²) in [5.74, 6) is 0.164. The molecule has 0 fully saturated rings. The molecule has 0 aliphatic heterocycles. The fraction of sp³-hybridized carbons (Fsp3) is 0.417. The molecular formula is C24H31FN2O2S. The summed E-state index contributed by atoms with van der Waals surface area (Å²) < 4.78 is 14.2. The predicted octanol–water partition coefficient (Wildman–Crippen LogP) is 4.62. The normalized spacial score (nSPS) is 11.8. The highest BCUT2D eigenvalue weighted by molar-refractivity contribution is 7.99. The largest absolute Gasteiger partial charge is 0.354 e. The molecule has 0 spiro atoms. The van der Waals surface area contributed by atoms with Gasteiger partial charge in [0.1, 0.15) is 11.9 Å². The standard InChI is InChI=1S/C24H31FN2O2S/c1-5-10-26-24(29)19(4)27(14-21-8-6-7-9-22(21)25)23(28)16-30-15-20-12-17(2)11-18(3)13-20/h6-9,11-13,19H,5,10,14-16H2,1-4H3,(H,26,29)/t19-/m0/s1. The van der Waals surface area contributed by atoms with E-state index in [1.54, 1.807) is 25.1 Å². The van der Waals surface area contributed by atoms with Gasteiger partial charge >= 0.3 is 0 Å². The van der Waals surface area contributed by atoms with Crippen LogP contribution in [0.4, 0.5) is 4.39 Å². The van der Waals surface area contributed by atoms with Gasteiger partial charge in [-0.1, -0.05) is 54.4 Å². The Balaban J connectivity index is 2.08. The van der Waals surface area contributed by atoms with E-state index in [1.165, 1.54) is 39.4 Å². The molecule has 0 saturated carbocycles. The van der Waals surface area contributed by atoms with Crippen molar-refractivity contribution < 1.29 is 14.0 Å². The van der Waals surface area contributed by atoms with E-state index < -0.39 is 6.04 Å². The van der Waals surface area contributed by atoms with E-state index in [9.17, 15) is 14.0 Å². The number of hydrogen-bond acceptors (Lipinski definition) is 3. The number of benzene rings is 2. The molecule has 0 bridgehead atoms. The van der Waals surface area contributed by atoms with Crippen LogP contribution in [0.25, 0.3) is 0 Å². The average molecular weight is 431 g/mol. The summed E-state index contributed by atoms with van der Waals surface area (Å²) >= 11 is 1.51. The molecule has 2 aromatic carbocycles. The van der Waals surface area contributed by atoms with Gasteiger partial charge in [-0.05, 0) is 38.8 Å². The monoisotopic (exact) mass is 430 g/mol. The molecule has 1 N–H and O–H groups in total. The molecule has 2 aromatic rings. The molecule has 0 heterocycles. The number of carbonyl (C=O) groups is 2. The van der Waals surface area contributed by atoms with Gasteiger partial charge in [0.05, 0.1) is 5.75 Å². The topological polar surface area (TPSA) is 49.4 Å². The summed E-state index contributed by atoms with van der Waals surface area (Å²) in [6.07, 6.45) is 0.811. The molecule has 0 aliphatic carbocycles. The van der Waals surface area contributed by atoms with Gasteiger partial charge in [0.25, 0.3) is 0 Å². The van der Waals surface area contributed by atoms with Crippen molar-refractivity contribution in [3.05, 3.63) is 70.5 Å². The van der Waals surface area contributed by atoms with E-state index >= 15 is 0 Å². The number of nitrogens with one attached hydrogen (secondary N) is 1. The Hall–Kier alpha value is -2.34. The molecule has 162 valence electrons. The van der Waals surface area contributed by atoms with E-state index in [-0.39, 0.29) is 29.9 Å². The fourth-order valence-electron chi connectivity index (χ4n) is 3.28. The van der Waals surface area contributed by atoms with Crippen molar-refractivity contribution in [3.63, 3.8) is 0 Å². The van der Waals surface area contributed by atoms with E-state index in [4.69, 9.17) is 0 Å². The molecule has 30 heavy (non-hydrogen) atoms. The SMILES string of the molecule is CCCNC(=O)[C@H](C)N(Cc1ccccc1F)C(=O)CSCc1cc(C)cc(C)c1. The van der Waals surface area contributed by atoms with E-state index in [0.29, 0.717) is 17.9 Å². The highest BCUT2D eigenvalue weighted by Gasteiger charge is 2.26. The van der Waals surface area contributed by atoms with Crippen LogP contribution in [0.15, 0.2) is 42.5 Å². The first kappa shape index (κ1) is 23.9. The lowest BCUT2D eigenvalue weighted by atomic mass is 10.1. The summed E-state index contributed by atoms with van der Waals surface area (Å²) in [7, 11) is 0. The second kappa shape index (κ2) is 11.7. The maximum absolute atomic E-state index is 14.2. The van der Waals surface area contributed by atoms with Crippen LogP contribution in [0.3, 0.4) is 0 Å². The quantitative estimate of drug-likeness (QED) is 0.598. The van der Waals surface area contributed by atoms with Crippen molar-refractivity contribution >= 4 is 23.6 Å². The van der Waals surface area contributed by atoms with Crippen LogP contribution < -0.4 is 5.32 Å². The highest BCUT2D eigenvalue weighted by Crippen LogP contribution is 2.19. The Morgan fingerprint density at radius 1 is 1.13 bits per heavy atom. The van der Waals surface area contributed by atoms with Crippen LogP contribution >= 0.6 is 11.8 Å². The van der Waals surface area contributed by atoms with Gasteiger partial charge in [0, 0.05) is 24.4 Å². The first-order valence-electron chi connectivity index (χ1n) is 10.3. The third-order valence-corrected chi connectivity index (χ3v) is 5.78. The lowest BCUT2D eigenvalue weighted by Gasteiger charge is -2.29. The summed E-state index contributed by atoms with van der Waals surface area (Å²) in [5.41, 5.74) is 3.96. The second-order valence-corrected chi connectivity index (χ2v) is 8.55. The molecule has 0 aliphatic rings. The fourth-order valence-corrected chi connectivity index (χ4v) is 4.12. The molecule has 2 rings (SSSR count). The maximum Gasteiger partial charge on any atom is 0.242 e. The van der Waals surface area contributed by atoms with Crippen molar-refractivity contribution in [1.29, 1.82) is 0 Å². The van der Waals surface area contributed by atoms with Gasteiger partial charge < -0.3 is 10.2 Å². The Labute approximate surface area is 183 Å². The van der Waals surface area contributed by atoms with Crippen molar-refractivity contribution in [3.8, 4) is 0 Å². The predicted molar refractivity (Wildman–Crippen MR) is 122 cm³/mol. The number of carbonyl (C=O) groups excluding carboxylic acids is 2. The molecule has 0 aromatic heterocycles. The third-order valence-electron chi connectivity index (χ3n) is 4.79. The first-order valence-corrected chi connectivity index (χ1v) is 11.4. The molecule has 0 radical (unpaired) electrons. The third kappa shape index (κ3) is 7.17. The zero-order valence-electron chi connectivity index (χ0n) is 18.2. The van der Waals surface area contributed by atoms with Gasteiger partial charge in [-0.2, -0.15) is 0 Å². The van der Waals surface area contributed by atoms with Crippen LogP contribution in [0.2, 0.25) is 0 Å². The van der Waals surface area contributed by atoms with Crippen LogP contribution in [0.1, 0.15) is 42.5 Å². The summed E-state index contributed by atoms with van der Waals surface area (Å²) in [6.45, 7) is 8.38. The summed E-state index contributed by atoms with van der Waals surface area (Å²) in [5, 5.41) is 2.83. The number of halogens is 1. The van der Waals surface area contributed by atoms with Crippen molar-refractivity contribution in [1.82, 2.24) is 10.2 Å². The number of aryl methyl sites for hydroxylation is 2. The zero-order chi connectivity index (χ0) is 22.1. The zero-order valence-corrected chi connectivity index (χ0v) is 19.0.